The highest BCUT2D eigenvalue weighted by Gasteiger charge is 2.12. The van der Waals surface area contributed by atoms with Gasteiger partial charge in [0.25, 0.3) is 0 Å². The Morgan fingerprint density at radius 2 is 2.05 bits per heavy atom. The van der Waals surface area contributed by atoms with Gasteiger partial charge in [-0.25, -0.2) is 0 Å². The highest BCUT2D eigenvalue weighted by Crippen LogP contribution is 2.13. The van der Waals surface area contributed by atoms with Gasteiger partial charge in [-0.15, -0.1) is 0 Å². The molecule has 1 aliphatic heterocycles. The molecule has 1 saturated heterocycles. The average molecular weight is 264 g/mol. The minimum Gasteiger partial charge on any atom is -0.494 e. The lowest BCUT2D eigenvalue weighted by atomic mass is 10.2. The van der Waals surface area contributed by atoms with Crippen LogP contribution in [-0.4, -0.2) is 39.5 Å². The van der Waals surface area contributed by atoms with Gasteiger partial charge < -0.3 is 14.4 Å². The van der Waals surface area contributed by atoms with Gasteiger partial charge in [-0.3, -0.25) is 0 Å². The van der Waals surface area contributed by atoms with Crippen molar-refractivity contribution in [1.29, 1.82) is 0 Å². The zero-order valence-electron chi connectivity index (χ0n) is 12.0. The Morgan fingerprint density at radius 3 is 2.84 bits per heavy atom. The van der Waals surface area contributed by atoms with Gasteiger partial charge in [0.2, 0.25) is 0 Å². The second kappa shape index (κ2) is 8.18. The highest BCUT2D eigenvalue weighted by atomic mass is 16.5. The predicted molar refractivity (Wildman–Crippen MR) is 76.9 cm³/mol. The van der Waals surface area contributed by atoms with Crippen molar-refractivity contribution in [2.45, 2.75) is 26.2 Å². The molecule has 0 aromatic heterocycles. The van der Waals surface area contributed by atoms with Crippen LogP contribution in [0.1, 0.15) is 25.3 Å². The van der Waals surface area contributed by atoms with Crippen LogP contribution in [0.3, 0.4) is 0 Å². The monoisotopic (exact) mass is 264 g/mol. The molecule has 0 saturated carbocycles. The molecule has 3 heteroatoms. The van der Waals surface area contributed by atoms with Gasteiger partial charge in [0.1, 0.15) is 18.8 Å². The Hall–Kier alpha value is -1.06. The molecule has 1 N–H and O–H groups in total. The molecular weight excluding hydrogens is 238 g/mol. The second-order valence-electron chi connectivity index (χ2n) is 5.17. The second-order valence-corrected chi connectivity index (χ2v) is 5.17. The smallest absolute Gasteiger partial charge is 0.119 e. The summed E-state index contributed by atoms with van der Waals surface area (Å²) >= 11 is 0. The minimum atomic E-state index is 0.830. The van der Waals surface area contributed by atoms with Gasteiger partial charge in [-0.2, -0.15) is 0 Å². The average Bonchev–Trinajstić information content (AvgIpc) is 2.48. The predicted octanol–water partition coefficient (Wildman–Crippen LogP) is 1.32. The minimum absolute atomic E-state index is 0.830. The molecule has 0 amide bonds. The number of hydrogen-bond donors (Lipinski definition) is 1. The first-order valence-corrected chi connectivity index (χ1v) is 7.51. The Labute approximate surface area is 116 Å². The number of rotatable bonds is 7. The molecule has 1 aliphatic rings. The maximum absolute atomic E-state index is 5.80. The highest BCUT2D eigenvalue weighted by molar-refractivity contribution is 5.28. The van der Waals surface area contributed by atoms with E-state index in [0.29, 0.717) is 0 Å². The summed E-state index contributed by atoms with van der Waals surface area (Å²) in [6.45, 7) is 8.44. The third kappa shape index (κ3) is 5.21. The SMILES string of the molecule is CCc1cccc(OCCCC[NH+]2CCOCC2)c1. The van der Waals surface area contributed by atoms with Crippen LogP contribution < -0.4 is 9.64 Å². The largest absolute Gasteiger partial charge is 0.494 e. The number of ether oxygens (including phenoxy) is 2. The first-order chi connectivity index (χ1) is 9.38. The van der Waals surface area contributed by atoms with E-state index >= 15 is 0 Å². The lowest BCUT2D eigenvalue weighted by Gasteiger charge is -2.23. The molecule has 1 heterocycles. The topological polar surface area (TPSA) is 22.9 Å². The van der Waals surface area contributed by atoms with E-state index in [1.165, 1.54) is 31.6 Å². The molecule has 2 rings (SSSR count). The van der Waals surface area contributed by atoms with Crippen LogP contribution in [-0.2, 0) is 11.2 Å². The van der Waals surface area contributed by atoms with Crippen molar-refractivity contribution in [1.82, 2.24) is 0 Å². The van der Waals surface area contributed by atoms with E-state index in [1.54, 1.807) is 4.90 Å². The molecule has 19 heavy (non-hydrogen) atoms. The van der Waals surface area contributed by atoms with Gasteiger partial charge in [0.05, 0.1) is 26.4 Å². The van der Waals surface area contributed by atoms with Crippen LogP contribution in [0, 0.1) is 0 Å². The number of nitrogens with one attached hydrogen (secondary N) is 1. The van der Waals surface area contributed by atoms with E-state index in [2.05, 4.69) is 25.1 Å². The fourth-order valence-electron chi connectivity index (χ4n) is 2.43. The van der Waals surface area contributed by atoms with Crippen LogP contribution in [0.4, 0.5) is 0 Å². The van der Waals surface area contributed by atoms with Crippen LogP contribution in [0.25, 0.3) is 0 Å². The van der Waals surface area contributed by atoms with E-state index in [0.717, 1.165) is 38.4 Å². The fraction of sp³-hybridized carbons (Fsp3) is 0.625. The number of hydrogen-bond acceptors (Lipinski definition) is 2. The Kier molecular flexibility index (Phi) is 6.18. The lowest BCUT2D eigenvalue weighted by molar-refractivity contribution is -0.908. The first-order valence-electron chi connectivity index (χ1n) is 7.51. The van der Waals surface area contributed by atoms with E-state index in [1.807, 2.05) is 6.07 Å². The molecule has 0 spiro atoms. The van der Waals surface area contributed by atoms with Crippen molar-refractivity contribution in [3.05, 3.63) is 29.8 Å². The number of morpholine rings is 1. The molecular formula is C16H26NO2+. The summed E-state index contributed by atoms with van der Waals surface area (Å²) in [7, 11) is 0. The van der Waals surface area contributed by atoms with E-state index in [-0.39, 0.29) is 0 Å². The van der Waals surface area contributed by atoms with Crippen molar-refractivity contribution in [3.8, 4) is 5.75 Å². The fourth-order valence-corrected chi connectivity index (χ4v) is 2.43. The van der Waals surface area contributed by atoms with Crippen molar-refractivity contribution in [2.24, 2.45) is 0 Å². The summed E-state index contributed by atoms with van der Waals surface area (Å²) < 4.78 is 11.2. The van der Waals surface area contributed by atoms with E-state index in [4.69, 9.17) is 9.47 Å². The number of aryl methyl sites for hydroxylation is 1. The number of quaternary nitrogens is 1. The summed E-state index contributed by atoms with van der Waals surface area (Å²) in [4.78, 5) is 1.68. The van der Waals surface area contributed by atoms with Gasteiger partial charge in [-0.1, -0.05) is 19.1 Å². The number of unbranched alkanes of at least 4 members (excludes halogenated alkanes) is 1. The summed E-state index contributed by atoms with van der Waals surface area (Å²) in [5, 5.41) is 0. The summed E-state index contributed by atoms with van der Waals surface area (Å²) in [6, 6.07) is 8.42. The van der Waals surface area contributed by atoms with Gasteiger partial charge >= 0.3 is 0 Å². The number of benzene rings is 1. The molecule has 0 bridgehead atoms. The zero-order chi connectivity index (χ0) is 13.3. The molecule has 1 aromatic rings. The van der Waals surface area contributed by atoms with E-state index < -0.39 is 0 Å². The molecule has 1 aromatic carbocycles. The third-order valence-corrected chi connectivity index (χ3v) is 3.70. The van der Waals surface area contributed by atoms with Crippen LogP contribution in [0.5, 0.6) is 5.75 Å². The molecule has 0 atom stereocenters. The quantitative estimate of drug-likeness (QED) is 0.751. The Morgan fingerprint density at radius 1 is 1.21 bits per heavy atom. The molecule has 0 aliphatic carbocycles. The van der Waals surface area contributed by atoms with Gasteiger partial charge in [-0.05, 0) is 37.0 Å². The van der Waals surface area contributed by atoms with Gasteiger partial charge in [0.15, 0.2) is 0 Å². The summed E-state index contributed by atoms with van der Waals surface area (Å²) in [5.74, 6) is 1.01. The van der Waals surface area contributed by atoms with Crippen LogP contribution >= 0.6 is 0 Å². The standard InChI is InChI=1S/C16H25NO2/c1-2-15-6-5-7-16(14-15)19-11-4-3-8-17-9-12-18-13-10-17/h5-7,14H,2-4,8-13H2,1H3/p+1. The van der Waals surface area contributed by atoms with Crippen LogP contribution in [0.2, 0.25) is 0 Å². The third-order valence-electron chi connectivity index (χ3n) is 3.70. The van der Waals surface area contributed by atoms with Crippen molar-refractivity contribution < 1.29 is 14.4 Å². The summed E-state index contributed by atoms with van der Waals surface area (Å²) in [6.07, 6.45) is 3.45. The molecule has 106 valence electrons. The van der Waals surface area contributed by atoms with Gasteiger partial charge in [0, 0.05) is 0 Å². The molecule has 0 unspecified atom stereocenters. The van der Waals surface area contributed by atoms with Crippen molar-refractivity contribution in [3.63, 3.8) is 0 Å². The Balaban J connectivity index is 1.58. The maximum atomic E-state index is 5.80. The lowest BCUT2D eigenvalue weighted by Crippen LogP contribution is -3.14. The molecule has 1 fully saturated rings. The van der Waals surface area contributed by atoms with Crippen molar-refractivity contribution >= 4 is 0 Å². The first kappa shape index (κ1) is 14.4. The normalized spacial score (nSPS) is 16.5. The summed E-state index contributed by atoms with van der Waals surface area (Å²) in [5.41, 5.74) is 1.34. The van der Waals surface area contributed by atoms with E-state index in [9.17, 15) is 0 Å². The maximum Gasteiger partial charge on any atom is 0.119 e. The Bertz CT molecular complexity index is 362. The van der Waals surface area contributed by atoms with Crippen LogP contribution in [0.15, 0.2) is 24.3 Å². The molecule has 3 nitrogen and oxygen atoms in total. The molecule has 0 radical (unpaired) electrons. The zero-order valence-corrected chi connectivity index (χ0v) is 12.0. The van der Waals surface area contributed by atoms with Crippen molar-refractivity contribution in [2.75, 3.05) is 39.5 Å².